The molecule has 0 saturated heterocycles. The lowest BCUT2D eigenvalue weighted by atomic mass is 10.1. The van der Waals surface area contributed by atoms with Gasteiger partial charge in [-0.15, -0.1) is 0 Å². The Hall–Kier alpha value is -2.35. The van der Waals surface area contributed by atoms with Gasteiger partial charge in [-0.2, -0.15) is 0 Å². The second-order valence-electron chi connectivity index (χ2n) is 6.42. The number of aromatic hydroxyl groups is 1. The average Bonchev–Trinajstić information content (AvgIpc) is 2.64. The summed E-state index contributed by atoms with van der Waals surface area (Å²) in [5, 5.41) is 10.8. The van der Waals surface area contributed by atoms with Crippen molar-refractivity contribution in [2.45, 2.75) is 45.4 Å². The van der Waals surface area contributed by atoms with E-state index < -0.39 is 22.8 Å². The molecule has 1 aromatic carbocycles. The lowest BCUT2D eigenvalue weighted by Crippen LogP contribution is -2.44. The molecule has 0 aliphatic rings. The number of nitrogens with one attached hydrogen (secondary N) is 2. The first-order chi connectivity index (χ1) is 12.9. The molecule has 3 N–H and O–H groups in total. The van der Waals surface area contributed by atoms with Gasteiger partial charge in [0, 0.05) is 23.3 Å². The van der Waals surface area contributed by atoms with Gasteiger partial charge in [-0.1, -0.05) is 48.5 Å². The van der Waals surface area contributed by atoms with E-state index in [9.17, 15) is 19.5 Å². The number of nitrogens with zero attached hydrogens (tertiary/aromatic N) is 1. The maximum absolute atomic E-state index is 12.5. The van der Waals surface area contributed by atoms with Crippen molar-refractivity contribution in [2.24, 2.45) is 7.05 Å². The first-order valence-electron chi connectivity index (χ1n) is 8.97. The molecule has 0 aliphatic heterocycles. The summed E-state index contributed by atoms with van der Waals surface area (Å²) in [6, 6.07) is 5.03. The van der Waals surface area contributed by atoms with Crippen molar-refractivity contribution >= 4 is 38.6 Å². The molecule has 1 aromatic heterocycles. The van der Waals surface area contributed by atoms with Gasteiger partial charge in [0.05, 0.1) is 5.52 Å². The highest BCUT2D eigenvalue weighted by atomic mass is 79.9. The van der Waals surface area contributed by atoms with Gasteiger partial charge in [0.25, 0.3) is 11.5 Å². The molecule has 7 nitrogen and oxygen atoms in total. The Kier molecular flexibility index (Phi) is 7.41. The van der Waals surface area contributed by atoms with Crippen LogP contribution in [0.5, 0.6) is 5.75 Å². The van der Waals surface area contributed by atoms with E-state index >= 15 is 0 Å². The van der Waals surface area contributed by atoms with Gasteiger partial charge in [-0.05, 0) is 24.6 Å². The number of rotatable bonds is 7. The minimum atomic E-state index is -0.852. The van der Waals surface area contributed by atoms with E-state index in [1.54, 1.807) is 18.2 Å². The first kappa shape index (κ1) is 21.0. The number of fused-ring (bicyclic) bond motifs is 1. The third-order valence-corrected chi connectivity index (χ3v) is 4.87. The molecule has 0 saturated carbocycles. The molecule has 27 heavy (non-hydrogen) atoms. The topological polar surface area (TPSA) is 100 Å². The fraction of sp³-hybridized carbons (Fsp3) is 0.421. The fourth-order valence-corrected chi connectivity index (χ4v) is 3.21. The Morgan fingerprint density at radius 1 is 1.15 bits per heavy atom. The molecule has 0 aliphatic carbocycles. The van der Waals surface area contributed by atoms with Gasteiger partial charge in [0.15, 0.2) is 0 Å². The Labute approximate surface area is 165 Å². The molecule has 2 aromatic rings. The van der Waals surface area contributed by atoms with Crippen LogP contribution in [0.2, 0.25) is 0 Å². The van der Waals surface area contributed by atoms with Crippen molar-refractivity contribution in [3.63, 3.8) is 0 Å². The van der Waals surface area contributed by atoms with Crippen LogP contribution in [0.15, 0.2) is 27.5 Å². The minimum absolute atomic E-state index is 0.290. The minimum Gasteiger partial charge on any atom is -0.506 e. The number of halogens is 1. The van der Waals surface area contributed by atoms with Gasteiger partial charge >= 0.3 is 0 Å². The molecule has 2 amide bonds. The van der Waals surface area contributed by atoms with Crippen LogP contribution in [-0.4, -0.2) is 21.5 Å². The van der Waals surface area contributed by atoms with Crippen LogP contribution >= 0.6 is 15.9 Å². The van der Waals surface area contributed by atoms with Crippen molar-refractivity contribution < 1.29 is 14.7 Å². The van der Waals surface area contributed by atoms with E-state index in [0.29, 0.717) is 21.8 Å². The standard InChI is InChI=1S/C19H24BrN3O4/c1-3-4-5-6-7-8-15(24)21-22-18(26)16-17(25)13-11-12(20)9-10-14(13)23(2)19(16)27/h9-11,25H,3-8H2,1-2H3,(H,21,24)(H,22,26). The monoisotopic (exact) mass is 437 g/mol. The lowest BCUT2D eigenvalue weighted by molar-refractivity contribution is -0.122. The second-order valence-corrected chi connectivity index (χ2v) is 7.33. The SMILES string of the molecule is CCCCCCCC(=O)NNC(=O)c1c(O)c2cc(Br)ccc2n(C)c1=O. The van der Waals surface area contributed by atoms with E-state index in [-0.39, 0.29) is 5.91 Å². The van der Waals surface area contributed by atoms with E-state index in [4.69, 9.17) is 0 Å². The zero-order valence-corrected chi connectivity index (χ0v) is 17.1. The van der Waals surface area contributed by atoms with E-state index in [0.717, 1.165) is 32.1 Å². The van der Waals surface area contributed by atoms with Gasteiger partial charge in [0.1, 0.15) is 11.3 Å². The van der Waals surface area contributed by atoms with Crippen LogP contribution in [0, 0.1) is 0 Å². The van der Waals surface area contributed by atoms with Crippen molar-refractivity contribution in [2.75, 3.05) is 0 Å². The van der Waals surface area contributed by atoms with Crippen molar-refractivity contribution in [1.29, 1.82) is 0 Å². The summed E-state index contributed by atoms with van der Waals surface area (Å²) in [5.41, 5.74) is 3.95. The molecule has 2 rings (SSSR count). The number of aromatic nitrogens is 1. The van der Waals surface area contributed by atoms with Gasteiger partial charge < -0.3 is 9.67 Å². The highest BCUT2D eigenvalue weighted by Crippen LogP contribution is 2.28. The summed E-state index contributed by atoms with van der Waals surface area (Å²) in [4.78, 5) is 36.7. The molecule has 0 spiro atoms. The highest BCUT2D eigenvalue weighted by Gasteiger charge is 2.21. The molecule has 0 fully saturated rings. The molecule has 8 heteroatoms. The molecule has 0 unspecified atom stereocenters. The van der Waals surface area contributed by atoms with Crippen LogP contribution in [-0.2, 0) is 11.8 Å². The van der Waals surface area contributed by atoms with Crippen molar-refractivity contribution in [3.8, 4) is 5.75 Å². The van der Waals surface area contributed by atoms with E-state index in [2.05, 4.69) is 33.7 Å². The molecule has 0 atom stereocenters. The quantitative estimate of drug-likeness (QED) is 0.457. The van der Waals surface area contributed by atoms with Gasteiger partial charge in [-0.3, -0.25) is 25.2 Å². The molecular formula is C19H24BrN3O4. The van der Waals surface area contributed by atoms with Crippen molar-refractivity contribution in [3.05, 3.63) is 38.6 Å². The lowest BCUT2D eigenvalue weighted by Gasteiger charge is -2.12. The van der Waals surface area contributed by atoms with Crippen molar-refractivity contribution in [1.82, 2.24) is 15.4 Å². The third-order valence-electron chi connectivity index (χ3n) is 4.38. The largest absolute Gasteiger partial charge is 0.506 e. The number of hydrogen-bond acceptors (Lipinski definition) is 4. The highest BCUT2D eigenvalue weighted by molar-refractivity contribution is 9.10. The molecule has 1 heterocycles. The van der Waals surface area contributed by atoms with E-state index in [1.165, 1.54) is 11.6 Å². The third kappa shape index (κ3) is 5.09. The summed E-state index contributed by atoms with van der Waals surface area (Å²) >= 11 is 3.30. The Balaban J connectivity index is 2.09. The maximum atomic E-state index is 12.5. The average molecular weight is 438 g/mol. The number of hydrogen-bond donors (Lipinski definition) is 3. The fourth-order valence-electron chi connectivity index (χ4n) is 2.85. The predicted octanol–water partition coefficient (Wildman–Crippen LogP) is 3.13. The Morgan fingerprint density at radius 3 is 2.56 bits per heavy atom. The molecule has 0 radical (unpaired) electrons. The number of benzene rings is 1. The number of hydrazine groups is 1. The number of unbranched alkanes of at least 4 members (excludes halogenated alkanes) is 4. The van der Waals surface area contributed by atoms with Gasteiger partial charge in [-0.25, -0.2) is 0 Å². The molecular weight excluding hydrogens is 414 g/mol. The van der Waals surface area contributed by atoms with Crippen LogP contribution in [0.25, 0.3) is 10.9 Å². The summed E-state index contributed by atoms with van der Waals surface area (Å²) < 4.78 is 1.98. The number of pyridine rings is 1. The summed E-state index contributed by atoms with van der Waals surface area (Å²) in [6.07, 6.45) is 5.32. The number of carbonyl (C=O) groups is 2. The summed E-state index contributed by atoms with van der Waals surface area (Å²) in [5.74, 6) is -1.60. The Bertz CT molecular complexity index is 908. The summed E-state index contributed by atoms with van der Waals surface area (Å²) in [7, 11) is 1.52. The number of aryl methyl sites for hydroxylation is 1. The smallest absolute Gasteiger partial charge is 0.279 e. The predicted molar refractivity (Wildman–Crippen MR) is 108 cm³/mol. The van der Waals surface area contributed by atoms with Crippen LogP contribution in [0.1, 0.15) is 55.8 Å². The molecule has 0 bridgehead atoms. The van der Waals surface area contributed by atoms with Crippen LogP contribution < -0.4 is 16.4 Å². The number of amides is 2. The van der Waals surface area contributed by atoms with Gasteiger partial charge in [0.2, 0.25) is 5.91 Å². The number of carbonyl (C=O) groups excluding carboxylic acids is 2. The van der Waals surface area contributed by atoms with E-state index in [1.807, 2.05) is 0 Å². The summed E-state index contributed by atoms with van der Waals surface area (Å²) in [6.45, 7) is 2.12. The van der Waals surface area contributed by atoms with Crippen LogP contribution in [0.3, 0.4) is 0 Å². The van der Waals surface area contributed by atoms with Crippen LogP contribution in [0.4, 0.5) is 0 Å². The second kappa shape index (κ2) is 9.55. The first-order valence-corrected chi connectivity index (χ1v) is 9.76. The Morgan fingerprint density at radius 2 is 1.85 bits per heavy atom. The zero-order chi connectivity index (χ0) is 20.0. The molecule has 146 valence electrons. The maximum Gasteiger partial charge on any atom is 0.279 e. The normalized spacial score (nSPS) is 10.8. The zero-order valence-electron chi connectivity index (χ0n) is 15.5.